The third-order valence-electron chi connectivity index (χ3n) is 17.4. The second kappa shape index (κ2) is 53.2. The van der Waals surface area contributed by atoms with Crippen LogP contribution in [0.3, 0.4) is 0 Å². The van der Waals surface area contributed by atoms with Gasteiger partial charge in [-0.2, -0.15) is 25.3 Å². The number of carbonyl (C=O) groups is 16. The molecule has 1 aromatic heterocycles. The predicted molar refractivity (Wildman–Crippen MR) is 431 cm³/mol. The summed E-state index contributed by atoms with van der Waals surface area (Å²) < 4.78 is 0. The van der Waals surface area contributed by atoms with Crippen LogP contribution in [0.15, 0.2) is 62.8 Å². The number of anilines is 1. The van der Waals surface area contributed by atoms with Crippen LogP contribution in [-0.2, 0) is 83.1 Å². The first-order chi connectivity index (χ1) is 54.4. The Morgan fingerprint density at radius 1 is 0.478 bits per heavy atom. The van der Waals surface area contributed by atoms with Gasteiger partial charge in [0.2, 0.25) is 76.8 Å². The quantitative estimate of drug-likeness (QED) is 0.00961. The molecule has 43 nitrogen and oxygen atoms in total. The van der Waals surface area contributed by atoms with Crippen LogP contribution in [0.4, 0.5) is 5.00 Å². The number of aliphatic hydroxyl groups is 2. The Hall–Kier alpha value is -11.0. The zero-order valence-corrected chi connectivity index (χ0v) is 67.4. The van der Waals surface area contributed by atoms with Crippen molar-refractivity contribution >= 4 is 154 Å². The van der Waals surface area contributed by atoms with Crippen LogP contribution in [0, 0.1) is 11.8 Å². The van der Waals surface area contributed by atoms with E-state index in [4.69, 9.17) is 45.2 Å². The average molecular weight is 1680 g/mol. The molecule has 0 aliphatic rings. The van der Waals surface area contributed by atoms with Crippen molar-refractivity contribution in [3.8, 4) is 0 Å². The number of nitrogens with zero attached hydrogens (tertiary/aromatic N) is 4. The highest BCUT2D eigenvalue weighted by molar-refractivity contribution is 7.80. The fraction of sp³-hybridized carbons (Fsp3) is 0.580. The van der Waals surface area contributed by atoms with Gasteiger partial charge in [0.15, 0.2) is 17.9 Å². The van der Waals surface area contributed by atoms with Gasteiger partial charge in [0, 0.05) is 37.6 Å². The maximum atomic E-state index is 14.9. The van der Waals surface area contributed by atoms with E-state index in [9.17, 15) is 86.9 Å². The van der Waals surface area contributed by atoms with Gasteiger partial charge < -0.3 is 129 Å². The summed E-state index contributed by atoms with van der Waals surface area (Å²) in [6, 6.07) is -7.13. The number of carboxylic acids is 1. The van der Waals surface area contributed by atoms with Gasteiger partial charge in [0.05, 0.1) is 43.8 Å². The number of aldehydes is 1. The van der Waals surface area contributed by atoms with Crippen LogP contribution in [0.2, 0.25) is 0 Å². The van der Waals surface area contributed by atoms with E-state index < -0.39 is 212 Å². The monoisotopic (exact) mass is 1680 g/mol. The van der Waals surface area contributed by atoms with Gasteiger partial charge in [0.1, 0.15) is 78.8 Å². The van der Waals surface area contributed by atoms with Crippen molar-refractivity contribution in [3.63, 3.8) is 0 Å². The summed E-state index contributed by atoms with van der Waals surface area (Å²) in [5.74, 6) is -18.1. The number of thiol groups is 2. The minimum Gasteiger partial charge on any atom is -0.481 e. The molecule has 0 saturated heterocycles. The third-order valence-corrected chi connectivity index (χ3v) is 19.0. The van der Waals surface area contributed by atoms with Crippen LogP contribution in [-0.4, -0.2) is 264 Å². The minimum absolute atomic E-state index is 0.0173. The molecule has 0 unspecified atom stereocenters. The number of thiophene rings is 1. The van der Waals surface area contributed by atoms with Crippen LogP contribution in [0.5, 0.6) is 0 Å². The maximum absolute atomic E-state index is 14.9. The van der Waals surface area contributed by atoms with E-state index in [2.05, 4.69) is 109 Å². The lowest BCUT2D eigenvalue weighted by molar-refractivity contribution is -0.142. The second-order valence-electron chi connectivity index (χ2n) is 26.5. The normalized spacial score (nSPS) is 14.8. The van der Waals surface area contributed by atoms with E-state index >= 15 is 0 Å². The molecule has 30 N–H and O–H groups in total. The SMILES string of the molecule is CC[C@H](C)[C@H](NC(=O)[C@H](CCCN=C(N)N)NC(=O)CNC(=O)CNC(=O)[C@H](C)NC(=O)[C@@H](C)NC(=O)[C@H](CS)NC(=O)[C@H](CO)NC(=O)[C@@H](N)CO)C(=O)N[C@@H](CC(=O)O)C(=O)N[C@@H](CCCN=C(N)N)C(=O)N[C@H](C(=O)N[C@@H](CS)C(=O)N[C@@H](Cc1ccccc1)C(=O)N(c1cccs1)[C@H](C=O)CCCN=C(N)N)[C@@H](C)CC. The van der Waals surface area contributed by atoms with Crippen molar-refractivity contribution in [2.45, 2.75) is 184 Å². The number of benzene rings is 1. The van der Waals surface area contributed by atoms with Crippen LogP contribution in [0.1, 0.15) is 105 Å². The van der Waals surface area contributed by atoms with Crippen molar-refractivity contribution in [2.75, 3.05) is 62.3 Å². The molecule has 14 amide bonds. The van der Waals surface area contributed by atoms with Gasteiger partial charge in [-0.05, 0) is 87.3 Å². The topological polar surface area (TPSA) is 713 Å². The fourth-order valence-corrected chi connectivity index (χ4v) is 11.8. The molecule has 0 fully saturated rings. The van der Waals surface area contributed by atoms with Crippen LogP contribution >= 0.6 is 36.6 Å². The summed E-state index contributed by atoms with van der Waals surface area (Å²) in [7, 11) is 0. The number of aliphatic carboxylic acids is 1. The molecule has 0 aliphatic heterocycles. The van der Waals surface area contributed by atoms with Gasteiger partial charge >= 0.3 is 5.97 Å². The molecule has 15 atom stereocenters. The Morgan fingerprint density at radius 2 is 0.904 bits per heavy atom. The van der Waals surface area contributed by atoms with Crippen LogP contribution < -0.4 is 114 Å². The number of carboxylic acid groups (broad SMARTS) is 1. The zero-order valence-electron chi connectivity index (χ0n) is 64.8. The second-order valence-corrected chi connectivity index (χ2v) is 28.2. The lowest BCUT2D eigenvalue weighted by Crippen LogP contribution is -2.62. The summed E-state index contributed by atoms with van der Waals surface area (Å²) in [5.41, 5.74) is 39.2. The molecule has 640 valence electrons. The summed E-state index contributed by atoms with van der Waals surface area (Å²) in [6.07, 6.45) is -0.200. The Morgan fingerprint density at radius 3 is 1.37 bits per heavy atom. The molecular weight excluding hydrogens is 1570 g/mol. The molecule has 2 aromatic rings. The van der Waals surface area contributed by atoms with Crippen molar-refractivity contribution in [3.05, 3.63) is 53.4 Å². The van der Waals surface area contributed by atoms with Crippen molar-refractivity contribution in [1.82, 2.24) is 69.1 Å². The highest BCUT2D eigenvalue weighted by atomic mass is 32.1. The number of amides is 14. The van der Waals surface area contributed by atoms with E-state index in [-0.39, 0.29) is 100 Å². The smallest absolute Gasteiger partial charge is 0.305 e. The first-order valence-corrected chi connectivity index (χ1v) is 38.9. The molecule has 46 heteroatoms. The van der Waals surface area contributed by atoms with Gasteiger partial charge in [-0.15, -0.1) is 11.3 Å². The van der Waals surface area contributed by atoms with Gasteiger partial charge in [-0.1, -0.05) is 70.9 Å². The Labute approximate surface area is 679 Å². The lowest BCUT2D eigenvalue weighted by atomic mass is 9.96. The third kappa shape index (κ3) is 36.8. The number of nitrogens with one attached hydrogen (secondary N) is 13. The Bertz CT molecular complexity index is 3670. The lowest BCUT2D eigenvalue weighted by Gasteiger charge is -2.32. The van der Waals surface area contributed by atoms with Crippen molar-refractivity contribution < 1.29 is 92.0 Å². The molecule has 1 aromatic carbocycles. The number of aliphatic hydroxyl groups excluding tert-OH is 2. The van der Waals surface area contributed by atoms with Gasteiger partial charge in [-0.3, -0.25) is 91.8 Å². The summed E-state index contributed by atoms with van der Waals surface area (Å²) in [4.78, 5) is 230. The number of hydrogen-bond acceptors (Lipinski definition) is 25. The average Bonchev–Trinajstić information content (AvgIpc) is 1.79. The van der Waals surface area contributed by atoms with Crippen molar-refractivity contribution in [2.24, 2.45) is 66.9 Å². The molecule has 1 heterocycles. The Balaban J connectivity index is 2.36. The van der Waals surface area contributed by atoms with E-state index in [1.807, 2.05) is 0 Å². The largest absolute Gasteiger partial charge is 0.481 e. The number of carbonyl (C=O) groups excluding carboxylic acids is 15. The molecule has 115 heavy (non-hydrogen) atoms. The minimum atomic E-state index is -1.98. The van der Waals surface area contributed by atoms with E-state index in [0.717, 1.165) is 0 Å². The summed E-state index contributed by atoms with van der Waals surface area (Å²) in [6.45, 7) is 5.68. The number of guanidine groups is 3. The Kier molecular flexibility index (Phi) is 46.3. The predicted octanol–water partition coefficient (Wildman–Crippen LogP) is -8.60. The van der Waals surface area contributed by atoms with E-state index in [1.54, 1.807) is 68.6 Å². The fourth-order valence-electron chi connectivity index (χ4n) is 10.5. The number of rotatable bonds is 54. The molecule has 0 radical (unpaired) electrons. The molecule has 0 saturated carbocycles. The number of aliphatic imine (C=N–C) groups is 3. The summed E-state index contributed by atoms with van der Waals surface area (Å²) in [5, 5.41) is 62.3. The first kappa shape index (κ1) is 100. The molecule has 0 bridgehead atoms. The van der Waals surface area contributed by atoms with Crippen molar-refractivity contribution in [1.29, 1.82) is 0 Å². The highest BCUT2D eigenvalue weighted by Gasteiger charge is 2.39. The maximum Gasteiger partial charge on any atom is 0.305 e. The van der Waals surface area contributed by atoms with Gasteiger partial charge in [-0.25, -0.2) is 0 Å². The molecular formula is C69H112N24O19S3. The van der Waals surface area contributed by atoms with Gasteiger partial charge in [0.25, 0.3) is 5.91 Å². The van der Waals surface area contributed by atoms with Crippen LogP contribution in [0.25, 0.3) is 0 Å². The highest BCUT2D eigenvalue weighted by Crippen LogP contribution is 2.27. The van der Waals surface area contributed by atoms with E-state index in [0.29, 0.717) is 23.3 Å². The standard InChI is InChI=1S/C69H112N24O19S3/c1-7-35(3)53(91-58(104)42(19-13-23-78-68(73)74)84-50(98)29-80-49(97)28-81-55(101)37(5)82-56(102)38(6)83-62(108)47(33-113)89-61(107)46(32-96)88-57(103)41(70)31-95)64(110)86-44(27-52(99)100)60(106)85-43(20-14-24-79-69(75)76)59(105)92-54(36(4)8-2)65(111)90-48(34-114)63(109)87-45(26-39-16-10-9-11-17-39)66(112)93(51-21-15-25-115-51)40(30-94)18-12-22-77-67(71)72/h9-11,15-17,21,25,30,35-38,40-48,53-54,95-96,113-114H,7-8,12-14,18-20,22-24,26-29,31-34,70H2,1-6H3,(H,80,97)(H,81,101)(H,82,102)(H,83,108)(H,84,98)(H,85,106)(H,86,110)(H,87,109)(H,88,103)(H,89,107)(H,90,111)(H,91,104)(H,92,105)(H,99,100)(H4,71,72,77)(H4,73,74,78)(H4,75,76,79)/t35-,36-,37-,38+,40-,41-,42-,43-,44-,45-,46-,47-,48-,53-,54-/m0/s1. The zero-order chi connectivity index (χ0) is 86.6. The summed E-state index contributed by atoms with van der Waals surface area (Å²) >= 11 is 9.59. The molecule has 2 rings (SSSR count). The number of hydrogen-bond donors (Lipinski definition) is 25. The molecule has 0 spiro atoms. The first-order valence-electron chi connectivity index (χ1n) is 36.7. The molecule has 0 aliphatic carbocycles. The number of nitrogens with two attached hydrogens (primary N) is 7. The van der Waals surface area contributed by atoms with E-state index in [1.165, 1.54) is 37.0 Å².